The lowest BCUT2D eigenvalue weighted by Crippen LogP contribution is -2.32. The Morgan fingerprint density at radius 3 is 1.67 bits per heavy atom. The Morgan fingerprint density at radius 1 is 1.00 bits per heavy atom. The average molecular weight is 326 g/mol. The third kappa shape index (κ3) is 10.8. The van der Waals surface area contributed by atoms with E-state index in [9.17, 15) is 13.0 Å². The first-order valence-corrected chi connectivity index (χ1v) is 8.00. The van der Waals surface area contributed by atoms with Gasteiger partial charge < -0.3 is 9.47 Å². The molecule has 0 aliphatic rings. The molecular weight excluding hydrogens is 301 g/mol. The van der Waals surface area contributed by atoms with Crippen LogP contribution in [-0.4, -0.2) is 31.0 Å². The third-order valence-electron chi connectivity index (χ3n) is 2.83. The van der Waals surface area contributed by atoms with Crippen molar-refractivity contribution in [3.05, 3.63) is 25.3 Å². The SMILES string of the molecule is C=CC(C)(C)OCC(COC(C)(C)C=C)COP(=O)(F)F. The van der Waals surface area contributed by atoms with Crippen molar-refractivity contribution in [1.29, 1.82) is 0 Å². The molecule has 0 rings (SSSR count). The number of halogens is 2. The molecule has 0 fully saturated rings. The first kappa shape index (κ1) is 20.5. The Balaban J connectivity index is 4.57. The van der Waals surface area contributed by atoms with Crippen LogP contribution in [0.25, 0.3) is 0 Å². The zero-order valence-corrected chi connectivity index (χ0v) is 14.0. The fourth-order valence-corrected chi connectivity index (χ4v) is 1.50. The number of ether oxygens (including phenoxy) is 2. The van der Waals surface area contributed by atoms with Gasteiger partial charge in [0.05, 0.1) is 31.0 Å². The molecule has 0 heterocycles. The maximum absolute atomic E-state index is 12.4. The van der Waals surface area contributed by atoms with Crippen LogP contribution in [0.5, 0.6) is 0 Å². The predicted octanol–water partition coefficient (Wildman–Crippen LogP) is 4.63. The van der Waals surface area contributed by atoms with E-state index in [1.807, 2.05) is 0 Å². The summed E-state index contributed by atoms with van der Waals surface area (Å²) in [6.07, 6.45) is 3.21. The van der Waals surface area contributed by atoms with Crippen molar-refractivity contribution in [1.82, 2.24) is 0 Å². The van der Waals surface area contributed by atoms with Crippen LogP contribution in [0.1, 0.15) is 27.7 Å². The van der Waals surface area contributed by atoms with Gasteiger partial charge in [0.15, 0.2) is 0 Å². The van der Waals surface area contributed by atoms with Crippen LogP contribution in [0.4, 0.5) is 8.39 Å². The van der Waals surface area contributed by atoms with Gasteiger partial charge in [-0.3, -0.25) is 4.52 Å². The monoisotopic (exact) mass is 326 g/mol. The van der Waals surface area contributed by atoms with E-state index in [0.717, 1.165) is 0 Å². The molecule has 0 atom stereocenters. The van der Waals surface area contributed by atoms with Crippen molar-refractivity contribution < 1.29 is 27.0 Å². The smallest absolute Gasteiger partial charge is 0.371 e. The fourth-order valence-electron chi connectivity index (χ4n) is 1.12. The summed E-state index contributed by atoms with van der Waals surface area (Å²) in [7, 11) is -5.51. The van der Waals surface area contributed by atoms with E-state index in [-0.39, 0.29) is 13.2 Å². The quantitative estimate of drug-likeness (QED) is 0.410. The van der Waals surface area contributed by atoms with E-state index >= 15 is 0 Å². The molecule has 0 aromatic carbocycles. The summed E-state index contributed by atoms with van der Waals surface area (Å²) in [5.74, 6) is -0.483. The standard InChI is InChI=1S/C14H25F2O4P/c1-7-13(3,4)18-9-12(11-20-21(15,16)17)10-19-14(5,6)8-2/h7-8,12H,1-2,9-11H2,3-6H3. The van der Waals surface area contributed by atoms with Gasteiger partial charge in [-0.05, 0) is 27.7 Å². The van der Waals surface area contributed by atoms with Gasteiger partial charge in [-0.15, -0.1) is 21.6 Å². The zero-order chi connectivity index (χ0) is 16.7. The van der Waals surface area contributed by atoms with Crippen LogP contribution in [0.3, 0.4) is 0 Å². The molecule has 0 aromatic rings. The molecule has 0 saturated heterocycles. The summed E-state index contributed by atoms with van der Waals surface area (Å²) in [4.78, 5) is 0. The van der Waals surface area contributed by atoms with Gasteiger partial charge in [0.25, 0.3) is 0 Å². The Labute approximate surface area is 125 Å². The number of hydrogen-bond donors (Lipinski definition) is 0. The van der Waals surface area contributed by atoms with Gasteiger partial charge in [-0.2, -0.15) is 0 Å². The Kier molecular flexibility index (Phi) is 7.97. The molecule has 7 heteroatoms. The topological polar surface area (TPSA) is 44.8 Å². The third-order valence-corrected chi connectivity index (χ3v) is 3.28. The van der Waals surface area contributed by atoms with Crippen LogP contribution in [0, 0.1) is 5.92 Å². The minimum Gasteiger partial charge on any atom is -0.371 e. The number of rotatable bonds is 11. The minimum atomic E-state index is -5.51. The van der Waals surface area contributed by atoms with Crippen LogP contribution in [0.2, 0.25) is 0 Å². The molecule has 0 radical (unpaired) electrons. The van der Waals surface area contributed by atoms with Crippen LogP contribution in [0.15, 0.2) is 25.3 Å². The lowest BCUT2D eigenvalue weighted by molar-refractivity contribution is -0.0593. The summed E-state index contributed by atoms with van der Waals surface area (Å²) >= 11 is 0. The molecule has 4 nitrogen and oxygen atoms in total. The van der Waals surface area contributed by atoms with E-state index in [4.69, 9.17) is 9.47 Å². The van der Waals surface area contributed by atoms with Crippen molar-refractivity contribution in [2.45, 2.75) is 38.9 Å². The first-order chi connectivity index (χ1) is 9.41. The highest BCUT2D eigenvalue weighted by Gasteiger charge is 2.26. The van der Waals surface area contributed by atoms with Gasteiger partial charge in [-0.25, -0.2) is 4.57 Å². The maximum Gasteiger partial charge on any atom is 0.551 e. The van der Waals surface area contributed by atoms with Gasteiger partial charge in [0.1, 0.15) is 0 Å². The second-order valence-corrected chi connectivity index (χ2v) is 6.90. The molecule has 0 N–H and O–H groups in total. The fraction of sp³-hybridized carbons (Fsp3) is 0.714. The molecule has 0 aromatic heterocycles. The van der Waals surface area contributed by atoms with Crippen LogP contribution in [-0.2, 0) is 18.6 Å². The molecular formula is C14H25F2O4P. The summed E-state index contributed by atoms with van der Waals surface area (Å²) in [6.45, 7) is 14.3. The summed E-state index contributed by atoms with van der Waals surface area (Å²) in [5.41, 5.74) is -1.19. The van der Waals surface area contributed by atoms with E-state index in [1.165, 1.54) is 0 Å². The van der Waals surface area contributed by atoms with E-state index in [1.54, 1.807) is 39.8 Å². The van der Waals surface area contributed by atoms with E-state index in [2.05, 4.69) is 17.7 Å². The summed E-state index contributed by atoms with van der Waals surface area (Å²) in [6, 6.07) is 0. The highest BCUT2D eigenvalue weighted by Crippen LogP contribution is 2.50. The summed E-state index contributed by atoms with van der Waals surface area (Å²) < 4.78 is 50.4. The van der Waals surface area contributed by atoms with Gasteiger partial charge in [0.2, 0.25) is 0 Å². The van der Waals surface area contributed by atoms with Gasteiger partial charge >= 0.3 is 7.99 Å². The molecule has 21 heavy (non-hydrogen) atoms. The second kappa shape index (κ2) is 8.18. The van der Waals surface area contributed by atoms with Crippen LogP contribution < -0.4 is 0 Å². The van der Waals surface area contributed by atoms with E-state index in [0.29, 0.717) is 0 Å². The largest absolute Gasteiger partial charge is 0.551 e. The molecule has 0 unspecified atom stereocenters. The Hall–Kier alpha value is -0.550. The van der Waals surface area contributed by atoms with E-state index < -0.39 is 31.7 Å². The molecule has 0 aliphatic carbocycles. The Bertz CT molecular complexity index is 366. The number of hydrogen-bond acceptors (Lipinski definition) is 4. The summed E-state index contributed by atoms with van der Waals surface area (Å²) in [5, 5.41) is 0. The normalized spacial score (nSPS) is 13.5. The maximum atomic E-state index is 12.4. The Morgan fingerprint density at radius 2 is 1.38 bits per heavy atom. The van der Waals surface area contributed by atoms with Crippen molar-refractivity contribution in [3.63, 3.8) is 0 Å². The van der Waals surface area contributed by atoms with Gasteiger partial charge in [-0.1, -0.05) is 12.2 Å². The molecule has 0 amide bonds. The second-order valence-electron chi connectivity index (χ2n) is 5.81. The average Bonchev–Trinajstić information content (AvgIpc) is 2.36. The highest BCUT2D eigenvalue weighted by molar-refractivity contribution is 7.47. The molecule has 124 valence electrons. The van der Waals surface area contributed by atoms with Crippen molar-refractivity contribution in [2.75, 3.05) is 19.8 Å². The zero-order valence-electron chi connectivity index (χ0n) is 13.1. The lowest BCUT2D eigenvalue weighted by atomic mass is 10.1. The first-order valence-electron chi connectivity index (χ1n) is 6.60. The lowest BCUT2D eigenvalue weighted by Gasteiger charge is -2.28. The van der Waals surface area contributed by atoms with Crippen molar-refractivity contribution in [3.8, 4) is 0 Å². The van der Waals surface area contributed by atoms with Crippen molar-refractivity contribution >= 4 is 7.99 Å². The minimum absolute atomic E-state index is 0.117. The molecule has 0 saturated carbocycles. The highest BCUT2D eigenvalue weighted by atomic mass is 31.2. The predicted molar refractivity (Wildman–Crippen MR) is 79.7 cm³/mol. The van der Waals surface area contributed by atoms with Crippen molar-refractivity contribution in [2.24, 2.45) is 5.92 Å². The molecule has 0 aliphatic heterocycles. The van der Waals surface area contributed by atoms with Crippen LogP contribution >= 0.6 is 7.99 Å². The molecule has 0 bridgehead atoms. The van der Waals surface area contributed by atoms with Gasteiger partial charge in [0, 0.05) is 5.92 Å². The molecule has 0 spiro atoms.